The lowest BCUT2D eigenvalue weighted by molar-refractivity contribution is -0.119. The molecule has 1 atom stereocenters. The van der Waals surface area contributed by atoms with Gasteiger partial charge >= 0.3 is 0 Å². The van der Waals surface area contributed by atoms with Crippen molar-refractivity contribution in [3.63, 3.8) is 0 Å². The van der Waals surface area contributed by atoms with Gasteiger partial charge in [-0.3, -0.25) is 4.79 Å². The van der Waals surface area contributed by atoms with Crippen molar-refractivity contribution < 1.29 is 17.6 Å². The van der Waals surface area contributed by atoms with Crippen LogP contribution in [0.3, 0.4) is 0 Å². The lowest BCUT2D eigenvalue weighted by Gasteiger charge is -2.23. The molecular weight excluding hydrogens is 402 g/mol. The highest BCUT2D eigenvalue weighted by Gasteiger charge is 2.39. The Bertz CT molecular complexity index is 1140. The van der Waals surface area contributed by atoms with Crippen LogP contribution in [0.15, 0.2) is 51.8 Å². The molecule has 1 aliphatic heterocycles. The number of hydrogen-bond donors (Lipinski definition) is 1. The van der Waals surface area contributed by atoms with Crippen molar-refractivity contribution in [2.75, 3.05) is 11.9 Å². The summed E-state index contributed by atoms with van der Waals surface area (Å²) < 4.78 is 32.6. The van der Waals surface area contributed by atoms with E-state index in [1.165, 1.54) is 28.6 Å². The number of aromatic nitrogens is 1. The van der Waals surface area contributed by atoms with E-state index in [0.29, 0.717) is 47.1 Å². The van der Waals surface area contributed by atoms with Gasteiger partial charge in [0.2, 0.25) is 15.9 Å². The Morgan fingerprint density at radius 3 is 2.75 bits per heavy atom. The number of carbonyl (C=O) groups is 1. The second-order valence-electron chi connectivity index (χ2n) is 6.63. The van der Waals surface area contributed by atoms with Crippen molar-refractivity contribution in [1.29, 1.82) is 0 Å². The molecule has 28 heavy (non-hydrogen) atoms. The number of hydrogen-bond acceptors (Lipinski definition) is 5. The lowest BCUT2D eigenvalue weighted by atomic mass is 10.2. The first kappa shape index (κ1) is 18.9. The van der Waals surface area contributed by atoms with Crippen LogP contribution in [0.4, 0.5) is 5.69 Å². The van der Waals surface area contributed by atoms with Crippen LogP contribution in [-0.2, 0) is 14.8 Å². The third-order valence-electron chi connectivity index (χ3n) is 4.69. The Kier molecular flexibility index (Phi) is 4.86. The summed E-state index contributed by atoms with van der Waals surface area (Å²) in [6, 6.07) is 10.3. The second kappa shape index (κ2) is 7.20. The maximum Gasteiger partial charge on any atom is 0.243 e. The van der Waals surface area contributed by atoms with E-state index in [-0.39, 0.29) is 10.8 Å². The monoisotopic (exact) mass is 419 g/mol. The largest absolute Gasteiger partial charge is 0.441 e. The van der Waals surface area contributed by atoms with Crippen LogP contribution in [0, 0.1) is 6.92 Å². The highest BCUT2D eigenvalue weighted by atomic mass is 35.5. The summed E-state index contributed by atoms with van der Waals surface area (Å²) in [6.07, 6.45) is 1.08. The van der Waals surface area contributed by atoms with E-state index in [1.807, 2.05) is 0 Å². The first-order valence-electron chi connectivity index (χ1n) is 8.80. The molecule has 0 unspecified atom stereocenters. The van der Waals surface area contributed by atoms with Crippen molar-refractivity contribution in [3.05, 3.63) is 53.4 Å². The number of rotatable bonds is 4. The van der Waals surface area contributed by atoms with Gasteiger partial charge in [0, 0.05) is 24.2 Å². The van der Waals surface area contributed by atoms with E-state index < -0.39 is 16.1 Å². The molecule has 1 amide bonds. The average molecular weight is 420 g/mol. The topological polar surface area (TPSA) is 92.5 Å². The van der Waals surface area contributed by atoms with Gasteiger partial charge in [-0.25, -0.2) is 13.4 Å². The number of amides is 1. The number of carbonyl (C=O) groups excluding carboxylic acids is 1. The minimum absolute atomic E-state index is 0.121. The molecule has 9 heteroatoms. The third-order valence-corrected chi connectivity index (χ3v) is 6.86. The summed E-state index contributed by atoms with van der Waals surface area (Å²) in [4.78, 5) is 17.2. The molecule has 1 aliphatic rings. The van der Waals surface area contributed by atoms with Crippen molar-refractivity contribution in [2.24, 2.45) is 0 Å². The van der Waals surface area contributed by atoms with Crippen molar-refractivity contribution in [1.82, 2.24) is 9.29 Å². The first-order valence-corrected chi connectivity index (χ1v) is 10.6. The summed E-state index contributed by atoms with van der Waals surface area (Å²) in [5.41, 5.74) is 1.80. The Hall–Kier alpha value is -2.42. The zero-order valence-corrected chi connectivity index (χ0v) is 16.6. The quantitative estimate of drug-likeness (QED) is 0.697. The molecule has 0 aliphatic carbocycles. The first-order chi connectivity index (χ1) is 13.3. The number of anilines is 1. The number of nitrogens with one attached hydrogen (secondary N) is 1. The smallest absolute Gasteiger partial charge is 0.243 e. The molecule has 7 nitrogen and oxygen atoms in total. The number of benzene rings is 2. The van der Waals surface area contributed by atoms with Crippen LogP contribution in [0.5, 0.6) is 0 Å². The van der Waals surface area contributed by atoms with E-state index in [0.717, 1.165) is 0 Å². The second-order valence-corrected chi connectivity index (χ2v) is 8.96. The van der Waals surface area contributed by atoms with Gasteiger partial charge in [0.15, 0.2) is 11.5 Å². The number of nitrogens with zero attached hydrogens (tertiary/aromatic N) is 2. The molecule has 1 N–H and O–H groups in total. The predicted octanol–water partition coefficient (Wildman–Crippen LogP) is 3.58. The van der Waals surface area contributed by atoms with E-state index in [4.69, 9.17) is 16.0 Å². The predicted molar refractivity (Wildman–Crippen MR) is 106 cm³/mol. The SMILES string of the molecule is Cc1nc2cc(NC(=O)[C@@H]3CCCN3S(=O)(=O)c3ccc(Cl)cc3)ccc2o1. The molecular formula is C19H18ClN3O4S. The summed E-state index contributed by atoms with van der Waals surface area (Å²) in [5.74, 6) is 0.170. The maximum absolute atomic E-state index is 13.0. The zero-order valence-electron chi connectivity index (χ0n) is 15.1. The average Bonchev–Trinajstić information content (AvgIpc) is 3.28. The van der Waals surface area contributed by atoms with Crippen molar-refractivity contribution in [2.45, 2.75) is 30.7 Å². The molecule has 0 bridgehead atoms. The molecule has 1 fully saturated rings. The Morgan fingerprint density at radius 1 is 1.25 bits per heavy atom. The highest BCUT2D eigenvalue weighted by molar-refractivity contribution is 7.89. The minimum atomic E-state index is -3.79. The minimum Gasteiger partial charge on any atom is -0.441 e. The normalized spacial score (nSPS) is 17.9. The summed E-state index contributed by atoms with van der Waals surface area (Å²) in [5, 5.41) is 3.25. The number of oxazole rings is 1. The van der Waals surface area contributed by atoms with Crippen LogP contribution in [0.2, 0.25) is 5.02 Å². The van der Waals surface area contributed by atoms with Gasteiger partial charge in [-0.2, -0.15) is 4.31 Å². The van der Waals surface area contributed by atoms with Gasteiger partial charge in [-0.05, 0) is 55.3 Å². The molecule has 3 aromatic rings. The molecule has 4 rings (SSSR count). The molecule has 0 saturated carbocycles. The van der Waals surface area contributed by atoms with Gasteiger partial charge in [-0.15, -0.1) is 0 Å². The zero-order chi connectivity index (χ0) is 19.9. The fourth-order valence-corrected chi connectivity index (χ4v) is 5.16. The van der Waals surface area contributed by atoms with Gasteiger partial charge in [-0.1, -0.05) is 11.6 Å². The fourth-order valence-electron chi connectivity index (χ4n) is 3.38. The summed E-state index contributed by atoms with van der Waals surface area (Å²) >= 11 is 5.85. The Labute approximate surface area is 167 Å². The fraction of sp³-hybridized carbons (Fsp3) is 0.263. The summed E-state index contributed by atoms with van der Waals surface area (Å²) in [6.45, 7) is 2.04. The molecule has 1 saturated heterocycles. The van der Waals surface area contributed by atoms with Gasteiger partial charge in [0.05, 0.1) is 4.90 Å². The summed E-state index contributed by atoms with van der Waals surface area (Å²) in [7, 11) is -3.79. The van der Waals surface area contributed by atoms with Crippen LogP contribution in [0.1, 0.15) is 18.7 Å². The number of fused-ring (bicyclic) bond motifs is 1. The molecule has 0 spiro atoms. The third kappa shape index (κ3) is 3.50. The lowest BCUT2D eigenvalue weighted by Crippen LogP contribution is -2.43. The van der Waals surface area contributed by atoms with E-state index in [2.05, 4.69) is 10.3 Å². The van der Waals surface area contributed by atoms with Gasteiger partial charge < -0.3 is 9.73 Å². The molecule has 1 aromatic heterocycles. The Balaban J connectivity index is 1.56. The molecule has 2 heterocycles. The van der Waals surface area contributed by atoms with E-state index in [1.54, 1.807) is 25.1 Å². The van der Waals surface area contributed by atoms with Crippen LogP contribution < -0.4 is 5.32 Å². The number of halogens is 1. The maximum atomic E-state index is 13.0. The van der Waals surface area contributed by atoms with Crippen molar-refractivity contribution in [3.8, 4) is 0 Å². The standard InChI is InChI=1S/C19H18ClN3O4S/c1-12-21-16-11-14(6-9-18(16)27-12)22-19(24)17-3-2-10-23(17)28(25,26)15-7-4-13(20)5-8-15/h4-9,11,17H,2-3,10H2,1H3,(H,22,24)/t17-/m0/s1. The van der Waals surface area contributed by atoms with E-state index >= 15 is 0 Å². The molecule has 2 aromatic carbocycles. The van der Waals surface area contributed by atoms with Crippen LogP contribution in [-0.4, -0.2) is 36.2 Å². The molecule has 146 valence electrons. The highest BCUT2D eigenvalue weighted by Crippen LogP contribution is 2.28. The van der Waals surface area contributed by atoms with Gasteiger partial charge in [0.25, 0.3) is 0 Å². The Morgan fingerprint density at radius 2 is 2.00 bits per heavy atom. The number of aryl methyl sites for hydroxylation is 1. The van der Waals surface area contributed by atoms with Crippen molar-refractivity contribution >= 4 is 44.3 Å². The van der Waals surface area contributed by atoms with Crippen LogP contribution in [0.25, 0.3) is 11.1 Å². The number of sulfonamides is 1. The van der Waals surface area contributed by atoms with Crippen LogP contribution >= 0.6 is 11.6 Å². The molecule has 0 radical (unpaired) electrons. The van der Waals surface area contributed by atoms with Gasteiger partial charge in [0.1, 0.15) is 11.6 Å². The van der Waals surface area contributed by atoms with E-state index in [9.17, 15) is 13.2 Å².